The van der Waals surface area contributed by atoms with Crippen LogP contribution in [-0.2, 0) is 43.9 Å². The molecule has 1 aliphatic rings. The van der Waals surface area contributed by atoms with Gasteiger partial charge < -0.3 is 0 Å². The van der Waals surface area contributed by atoms with E-state index in [0.29, 0.717) is 28.7 Å². The molecular weight excluding hydrogens is 725 g/mol. The lowest BCUT2D eigenvalue weighted by molar-refractivity contribution is 0.481. The van der Waals surface area contributed by atoms with Crippen LogP contribution in [0.5, 0.6) is 0 Å². The van der Waals surface area contributed by atoms with Crippen LogP contribution in [0.2, 0.25) is 0 Å². The summed E-state index contributed by atoms with van der Waals surface area (Å²) < 4.78 is 71.4. The van der Waals surface area contributed by atoms with Gasteiger partial charge in [-0.15, -0.1) is 0 Å². The molecule has 0 radical (unpaired) electrons. The number of benzene rings is 4. The molecule has 4 aromatic carbocycles. The van der Waals surface area contributed by atoms with Crippen LogP contribution < -0.4 is 0 Å². The minimum atomic E-state index is -4.60. The lowest BCUT2D eigenvalue weighted by atomic mass is 9.77. The zero-order valence-electron chi connectivity index (χ0n) is 34.3. The number of allylic oxidation sites excluding steroid dienone is 3. The second kappa shape index (κ2) is 15.0. The van der Waals surface area contributed by atoms with Crippen LogP contribution in [-0.4, -0.2) is 25.9 Å². The van der Waals surface area contributed by atoms with E-state index in [9.17, 15) is 25.9 Å². The van der Waals surface area contributed by atoms with Crippen LogP contribution >= 0.6 is 0 Å². The third-order valence-corrected chi connectivity index (χ3v) is 12.8. The van der Waals surface area contributed by atoms with Crippen LogP contribution in [0.15, 0.2) is 89.4 Å². The molecule has 0 aliphatic heterocycles. The quantitative estimate of drug-likeness (QED) is 0.136. The molecule has 0 atom stereocenters. The summed E-state index contributed by atoms with van der Waals surface area (Å²) in [6.45, 7) is 24.7. The fourth-order valence-corrected chi connectivity index (χ4v) is 9.96. The van der Waals surface area contributed by atoms with Crippen molar-refractivity contribution in [3.63, 3.8) is 0 Å². The first-order chi connectivity index (χ1) is 25.3. The predicted molar refractivity (Wildman–Crippen MR) is 226 cm³/mol. The van der Waals surface area contributed by atoms with Gasteiger partial charge >= 0.3 is 10.1 Å². The Bertz CT molecular complexity index is 2480. The molecule has 4 aromatic rings. The third kappa shape index (κ3) is 8.94. The van der Waals surface area contributed by atoms with Gasteiger partial charge in [0.05, 0.1) is 10.5 Å². The maximum atomic E-state index is 12.9. The summed E-state index contributed by atoms with van der Waals surface area (Å²) >= 11 is 0. The van der Waals surface area contributed by atoms with E-state index in [-0.39, 0.29) is 21.0 Å². The summed E-state index contributed by atoms with van der Waals surface area (Å²) in [5, 5.41) is -0.178. The summed E-state index contributed by atoms with van der Waals surface area (Å²) in [7, 11) is -9.05. The number of aryl methyl sites for hydroxylation is 5. The molecule has 0 saturated carbocycles. The van der Waals surface area contributed by atoms with Gasteiger partial charge in [0.1, 0.15) is 5.57 Å². The van der Waals surface area contributed by atoms with Crippen molar-refractivity contribution in [2.75, 3.05) is 0 Å². The monoisotopic (exact) mass is 779 g/mol. The van der Waals surface area contributed by atoms with Gasteiger partial charge in [-0.05, 0) is 151 Å². The molecule has 0 aromatic heterocycles. The number of hydrogen-bond donors (Lipinski definition) is 2. The molecule has 290 valence electrons. The molecule has 8 heteroatoms. The van der Waals surface area contributed by atoms with Crippen molar-refractivity contribution in [3.05, 3.63) is 168 Å². The van der Waals surface area contributed by atoms with Gasteiger partial charge in [0.25, 0.3) is 10.1 Å². The summed E-state index contributed by atoms with van der Waals surface area (Å²) in [5.41, 5.74) is 14.1. The number of hydrogen-bond acceptors (Lipinski definition) is 4. The predicted octanol–water partition coefficient (Wildman–Crippen LogP) is 10.9. The minimum Gasteiger partial charge on any atom is -0.282 e. The largest absolute Gasteiger partial charge is 0.331 e. The van der Waals surface area contributed by atoms with Crippen molar-refractivity contribution < 1.29 is 25.9 Å². The summed E-state index contributed by atoms with van der Waals surface area (Å²) in [5.74, 6) is 0. The lowest BCUT2D eigenvalue weighted by Crippen LogP contribution is -2.18. The van der Waals surface area contributed by atoms with E-state index in [0.717, 1.165) is 45.4 Å². The van der Waals surface area contributed by atoms with E-state index in [2.05, 4.69) is 98.7 Å². The molecule has 6 nitrogen and oxygen atoms in total. The Morgan fingerprint density at radius 1 is 0.618 bits per heavy atom. The van der Waals surface area contributed by atoms with E-state index in [1.807, 2.05) is 19.1 Å². The van der Waals surface area contributed by atoms with E-state index in [1.165, 1.54) is 33.9 Å². The van der Waals surface area contributed by atoms with E-state index >= 15 is 0 Å². The zero-order valence-corrected chi connectivity index (χ0v) is 35.9. The van der Waals surface area contributed by atoms with Crippen molar-refractivity contribution in [3.8, 4) is 0 Å². The summed E-state index contributed by atoms with van der Waals surface area (Å²) in [4.78, 5) is -0.0646. The Morgan fingerprint density at radius 2 is 1.09 bits per heavy atom. The van der Waals surface area contributed by atoms with Gasteiger partial charge in [-0.1, -0.05) is 77.4 Å². The van der Waals surface area contributed by atoms with E-state index in [4.69, 9.17) is 0 Å². The smallest absolute Gasteiger partial charge is 0.282 e. The summed E-state index contributed by atoms with van der Waals surface area (Å²) in [6.07, 6.45) is 7.73. The Hall–Kier alpha value is -4.21. The maximum Gasteiger partial charge on any atom is 0.331 e. The Balaban J connectivity index is 1.78. The molecule has 1 aliphatic carbocycles. The molecule has 5 rings (SSSR count). The van der Waals surface area contributed by atoms with Crippen molar-refractivity contribution in [2.24, 2.45) is 0 Å². The van der Waals surface area contributed by atoms with Crippen molar-refractivity contribution >= 4 is 25.8 Å². The molecule has 0 amide bonds. The van der Waals surface area contributed by atoms with Gasteiger partial charge in [-0.2, -0.15) is 16.8 Å². The van der Waals surface area contributed by atoms with Crippen LogP contribution in [0.3, 0.4) is 0 Å². The van der Waals surface area contributed by atoms with Gasteiger partial charge in [-0.3, -0.25) is 9.11 Å². The first-order valence-corrected chi connectivity index (χ1v) is 21.5. The first-order valence-electron chi connectivity index (χ1n) is 18.6. The standard InChI is InChI=1S/C47H54O6S2/c1-28-21-29(2)39(30(3)22-28)24-34-17-19-36(26-41(34)46(7,8)9)44(38-15-13-14-16-43(38)54(48,49)50)37-20-18-35(42(27-37)47(10,11)12)25-40-31(4)23-32(5)45(33(40)6)55(51,52)53/h13-23,26-27H,24-25H2,1-12H3,(H-,48,49,50,51,52,53)/p+1. The normalized spacial score (nSPS) is 14.8. The van der Waals surface area contributed by atoms with Crippen LogP contribution in [0.1, 0.15) is 119 Å². The molecule has 0 heterocycles. The molecule has 0 fully saturated rings. The highest BCUT2D eigenvalue weighted by molar-refractivity contribution is 7.89. The topological polar surface area (TPSA) is 109 Å². The molecular formula is C47H55O6S2+. The SMILES string of the molecule is Cc1cc(C)c(Cc2ccc(C(=C3C=CC=C[C+]3S(=O)(=O)O)c3ccc(Cc4c(C)cc(C)c(S(=O)(=O)O)c4C)c(C(C)(C)C)c3)cc2C(C)(C)C)c(C)c1. The Kier molecular flexibility index (Phi) is 11.5. The third-order valence-electron chi connectivity index (χ3n) is 10.7. The minimum absolute atomic E-state index is 0.0646. The second-order valence-electron chi connectivity index (χ2n) is 17.2. The molecule has 55 heavy (non-hydrogen) atoms. The Morgan fingerprint density at radius 3 is 1.55 bits per heavy atom. The first kappa shape index (κ1) is 41.9. The van der Waals surface area contributed by atoms with Crippen molar-refractivity contribution in [1.82, 2.24) is 0 Å². The molecule has 0 bridgehead atoms. The highest BCUT2D eigenvalue weighted by Gasteiger charge is 2.37. The number of rotatable bonds is 8. The molecule has 0 unspecified atom stereocenters. The van der Waals surface area contributed by atoms with E-state index in [1.54, 1.807) is 38.1 Å². The lowest BCUT2D eigenvalue weighted by Gasteiger charge is -2.27. The van der Waals surface area contributed by atoms with Crippen LogP contribution in [0.4, 0.5) is 0 Å². The zero-order chi connectivity index (χ0) is 41.0. The highest BCUT2D eigenvalue weighted by Crippen LogP contribution is 2.42. The average molecular weight is 780 g/mol. The van der Waals surface area contributed by atoms with Crippen molar-refractivity contribution in [2.45, 2.75) is 112 Å². The second-order valence-corrected chi connectivity index (χ2v) is 20.0. The molecule has 0 spiro atoms. The van der Waals surface area contributed by atoms with E-state index < -0.39 is 20.2 Å². The molecule has 0 saturated heterocycles. The fraction of sp³-hybridized carbons (Fsp3) is 0.340. The highest BCUT2D eigenvalue weighted by atomic mass is 32.2. The Labute approximate surface area is 329 Å². The van der Waals surface area contributed by atoms with Crippen molar-refractivity contribution in [1.29, 1.82) is 0 Å². The fourth-order valence-electron chi connectivity index (χ4n) is 8.29. The van der Waals surface area contributed by atoms with Gasteiger partial charge in [0.15, 0.2) is 5.25 Å². The maximum absolute atomic E-state index is 12.9. The van der Waals surface area contributed by atoms with Crippen LogP contribution in [0, 0.1) is 46.8 Å². The van der Waals surface area contributed by atoms with Gasteiger partial charge in [-0.25, -0.2) is 0 Å². The average Bonchev–Trinajstić information content (AvgIpc) is 3.03. The summed E-state index contributed by atoms with van der Waals surface area (Å²) in [6, 6.07) is 18.7. The van der Waals surface area contributed by atoms with Crippen LogP contribution in [0.25, 0.3) is 5.57 Å². The van der Waals surface area contributed by atoms with Gasteiger partial charge in [0.2, 0.25) is 0 Å². The van der Waals surface area contributed by atoms with Gasteiger partial charge in [0, 0.05) is 35.4 Å². The molecule has 2 N–H and O–H groups in total.